The average molecular weight is 281 g/mol. The van der Waals surface area contributed by atoms with Gasteiger partial charge in [0.1, 0.15) is 11.4 Å². The Morgan fingerprint density at radius 1 is 0.952 bits per heavy atom. The van der Waals surface area contributed by atoms with Crippen LogP contribution in [0, 0.1) is 13.8 Å². The van der Waals surface area contributed by atoms with Crippen LogP contribution in [-0.2, 0) is 5.41 Å². The van der Waals surface area contributed by atoms with E-state index in [-0.39, 0.29) is 11.2 Å². The minimum absolute atomic E-state index is 0.107. The predicted molar refractivity (Wildman–Crippen MR) is 90.0 cm³/mol. The second-order valence-corrected chi connectivity index (χ2v) is 6.60. The maximum absolute atomic E-state index is 10.5. The summed E-state index contributed by atoms with van der Waals surface area (Å²) in [5.74, 6) is 0.275. The topological polar surface area (TPSA) is 32.6 Å². The van der Waals surface area contributed by atoms with Crippen LogP contribution >= 0.6 is 0 Å². The van der Waals surface area contributed by atoms with Gasteiger partial charge in [-0.1, -0.05) is 56.7 Å². The molecule has 0 unspecified atom stereocenters. The molecule has 0 aliphatic rings. The molecule has 21 heavy (non-hydrogen) atoms. The number of phenolic OH excluding ortho intramolecular Hbond substituents is 1. The first kappa shape index (κ1) is 15.3. The molecule has 0 bridgehead atoms. The second-order valence-electron chi connectivity index (χ2n) is 6.60. The molecule has 0 aliphatic heterocycles. The third-order valence-electron chi connectivity index (χ3n) is 3.47. The van der Waals surface area contributed by atoms with E-state index in [0.29, 0.717) is 5.69 Å². The summed E-state index contributed by atoms with van der Waals surface area (Å²) >= 11 is 0. The van der Waals surface area contributed by atoms with E-state index in [0.717, 1.165) is 16.7 Å². The number of aryl methyl sites for hydroxylation is 2. The molecule has 0 heterocycles. The Bertz CT molecular complexity index is 661. The van der Waals surface area contributed by atoms with E-state index in [2.05, 4.69) is 44.8 Å². The molecule has 0 aromatic heterocycles. The van der Waals surface area contributed by atoms with Gasteiger partial charge in [0.15, 0.2) is 0 Å². The number of aliphatic imine (C=N–C) groups is 1. The Kier molecular flexibility index (Phi) is 4.17. The van der Waals surface area contributed by atoms with Gasteiger partial charge in [-0.3, -0.25) is 4.99 Å². The summed E-state index contributed by atoms with van der Waals surface area (Å²) in [6, 6.07) is 12.1. The smallest absolute Gasteiger partial charge is 0.144 e. The Labute approximate surface area is 127 Å². The van der Waals surface area contributed by atoms with Crippen molar-refractivity contribution in [2.75, 3.05) is 0 Å². The first-order valence-corrected chi connectivity index (χ1v) is 7.22. The Balaban J connectivity index is 2.40. The average Bonchev–Trinajstić information content (AvgIpc) is 2.40. The van der Waals surface area contributed by atoms with Gasteiger partial charge in [0.05, 0.1) is 0 Å². The highest BCUT2D eigenvalue weighted by Gasteiger charge is 2.20. The van der Waals surface area contributed by atoms with E-state index in [1.165, 1.54) is 5.56 Å². The number of aromatic hydroxyl groups is 1. The molecule has 0 atom stereocenters. The van der Waals surface area contributed by atoms with Crippen LogP contribution in [0.2, 0.25) is 0 Å². The van der Waals surface area contributed by atoms with Crippen molar-refractivity contribution in [1.82, 2.24) is 0 Å². The maximum Gasteiger partial charge on any atom is 0.144 e. The first-order chi connectivity index (χ1) is 9.77. The number of hydrogen-bond donors (Lipinski definition) is 1. The van der Waals surface area contributed by atoms with Crippen LogP contribution in [0.5, 0.6) is 5.75 Å². The van der Waals surface area contributed by atoms with E-state index < -0.39 is 0 Å². The first-order valence-electron chi connectivity index (χ1n) is 7.22. The van der Waals surface area contributed by atoms with Gasteiger partial charge in [-0.25, -0.2) is 0 Å². The fourth-order valence-corrected chi connectivity index (χ4v) is 2.23. The van der Waals surface area contributed by atoms with Crippen molar-refractivity contribution in [3.05, 3.63) is 58.7 Å². The van der Waals surface area contributed by atoms with E-state index >= 15 is 0 Å². The van der Waals surface area contributed by atoms with E-state index in [4.69, 9.17) is 0 Å². The van der Waals surface area contributed by atoms with Gasteiger partial charge in [0.25, 0.3) is 0 Å². The molecule has 0 fully saturated rings. The molecule has 0 amide bonds. The molecule has 2 rings (SSSR count). The van der Waals surface area contributed by atoms with Crippen molar-refractivity contribution in [3.63, 3.8) is 0 Å². The fourth-order valence-electron chi connectivity index (χ4n) is 2.23. The molecule has 0 saturated heterocycles. The number of rotatable bonds is 2. The van der Waals surface area contributed by atoms with Crippen molar-refractivity contribution in [1.29, 1.82) is 0 Å². The molecule has 2 aromatic rings. The van der Waals surface area contributed by atoms with Gasteiger partial charge in [0.2, 0.25) is 0 Å². The highest BCUT2D eigenvalue weighted by Crippen LogP contribution is 2.38. The standard InChI is InChI=1S/C19H23NO/c1-13-6-8-15(9-7-13)12-20-17-11-14(2)10-16(18(17)21)19(3,4)5/h6-12,21H,1-5H3. The van der Waals surface area contributed by atoms with E-state index in [9.17, 15) is 5.11 Å². The second kappa shape index (κ2) is 5.72. The molecule has 1 N–H and O–H groups in total. The lowest BCUT2D eigenvalue weighted by Crippen LogP contribution is -2.11. The normalized spacial score (nSPS) is 12.0. The maximum atomic E-state index is 10.5. The van der Waals surface area contributed by atoms with Crippen LogP contribution in [-0.4, -0.2) is 11.3 Å². The molecular formula is C19H23NO. The Morgan fingerprint density at radius 3 is 2.14 bits per heavy atom. The van der Waals surface area contributed by atoms with Crippen LogP contribution in [0.4, 0.5) is 5.69 Å². The summed E-state index contributed by atoms with van der Waals surface area (Å²) in [4.78, 5) is 4.47. The quantitative estimate of drug-likeness (QED) is 0.767. The summed E-state index contributed by atoms with van der Waals surface area (Å²) in [5, 5.41) is 10.5. The van der Waals surface area contributed by atoms with Crippen LogP contribution in [0.1, 0.15) is 43.0 Å². The molecule has 0 saturated carbocycles. The monoisotopic (exact) mass is 281 g/mol. The van der Waals surface area contributed by atoms with Crippen molar-refractivity contribution < 1.29 is 5.11 Å². The molecule has 110 valence electrons. The lowest BCUT2D eigenvalue weighted by molar-refractivity contribution is 0.448. The van der Waals surface area contributed by atoms with Crippen LogP contribution in [0.25, 0.3) is 0 Å². The summed E-state index contributed by atoms with van der Waals surface area (Å²) in [7, 11) is 0. The summed E-state index contributed by atoms with van der Waals surface area (Å²) in [5.41, 5.74) is 4.80. The minimum Gasteiger partial charge on any atom is -0.505 e. The number of benzene rings is 2. The zero-order valence-electron chi connectivity index (χ0n) is 13.4. The van der Waals surface area contributed by atoms with Gasteiger partial charge < -0.3 is 5.11 Å². The highest BCUT2D eigenvalue weighted by atomic mass is 16.3. The van der Waals surface area contributed by atoms with Crippen molar-refractivity contribution >= 4 is 11.9 Å². The van der Waals surface area contributed by atoms with Crippen molar-refractivity contribution in [2.24, 2.45) is 4.99 Å². The Hall–Kier alpha value is -2.09. The number of hydrogen-bond acceptors (Lipinski definition) is 2. The van der Waals surface area contributed by atoms with Crippen LogP contribution in [0.3, 0.4) is 0 Å². The molecule has 2 heteroatoms. The number of nitrogens with zero attached hydrogens (tertiary/aromatic N) is 1. The zero-order chi connectivity index (χ0) is 15.6. The zero-order valence-corrected chi connectivity index (χ0v) is 13.4. The van der Waals surface area contributed by atoms with Crippen molar-refractivity contribution in [3.8, 4) is 5.75 Å². The van der Waals surface area contributed by atoms with Gasteiger partial charge in [0, 0.05) is 11.8 Å². The fraction of sp³-hybridized carbons (Fsp3) is 0.316. The van der Waals surface area contributed by atoms with Gasteiger partial charge >= 0.3 is 0 Å². The number of phenols is 1. The lowest BCUT2D eigenvalue weighted by Gasteiger charge is -2.21. The molecular weight excluding hydrogens is 258 g/mol. The SMILES string of the molecule is Cc1ccc(C=Nc2cc(C)cc(C(C)(C)C)c2O)cc1. The molecule has 0 radical (unpaired) electrons. The third-order valence-corrected chi connectivity index (χ3v) is 3.47. The van der Waals surface area contributed by atoms with E-state index in [1.807, 2.05) is 31.2 Å². The summed E-state index contributed by atoms with van der Waals surface area (Å²) < 4.78 is 0. The van der Waals surface area contributed by atoms with Gasteiger partial charge in [-0.2, -0.15) is 0 Å². The van der Waals surface area contributed by atoms with Gasteiger partial charge in [-0.15, -0.1) is 0 Å². The van der Waals surface area contributed by atoms with Gasteiger partial charge in [-0.05, 0) is 36.5 Å². The lowest BCUT2D eigenvalue weighted by atomic mass is 9.85. The predicted octanol–water partition coefficient (Wildman–Crippen LogP) is 5.06. The van der Waals surface area contributed by atoms with Crippen LogP contribution in [0.15, 0.2) is 41.4 Å². The third kappa shape index (κ3) is 3.72. The molecule has 2 aromatic carbocycles. The summed E-state index contributed by atoms with van der Waals surface area (Å²) in [6.45, 7) is 10.4. The molecule has 0 spiro atoms. The summed E-state index contributed by atoms with van der Waals surface area (Å²) in [6.07, 6.45) is 1.79. The van der Waals surface area contributed by atoms with Crippen LogP contribution < -0.4 is 0 Å². The van der Waals surface area contributed by atoms with E-state index in [1.54, 1.807) is 6.21 Å². The highest BCUT2D eigenvalue weighted by molar-refractivity contribution is 5.83. The Morgan fingerprint density at radius 2 is 1.57 bits per heavy atom. The molecule has 0 aliphatic carbocycles. The molecule has 2 nitrogen and oxygen atoms in total. The van der Waals surface area contributed by atoms with Crippen molar-refractivity contribution in [2.45, 2.75) is 40.0 Å². The minimum atomic E-state index is -0.107. The largest absolute Gasteiger partial charge is 0.505 e.